The number of halogens is 2. The van der Waals surface area contributed by atoms with Crippen LogP contribution < -0.4 is 11.1 Å². The molecule has 0 spiro atoms. The van der Waals surface area contributed by atoms with Crippen LogP contribution in [-0.4, -0.2) is 4.98 Å². The summed E-state index contributed by atoms with van der Waals surface area (Å²) in [6.45, 7) is 0. The summed E-state index contributed by atoms with van der Waals surface area (Å²) in [6.07, 6.45) is 1.70. The molecule has 3 nitrogen and oxygen atoms in total. The predicted octanol–water partition coefficient (Wildman–Crippen LogP) is 4.46. The summed E-state index contributed by atoms with van der Waals surface area (Å²) in [6, 6.07) is 12.2. The second kappa shape index (κ2) is 5.09. The normalized spacial score (nSPS) is 10.7. The van der Waals surface area contributed by atoms with Gasteiger partial charge in [-0.2, -0.15) is 0 Å². The van der Waals surface area contributed by atoms with Crippen molar-refractivity contribution < 1.29 is 4.39 Å². The van der Waals surface area contributed by atoms with Crippen LogP contribution in [-0.2, 0) is 0 Å². The average molecular weight is 332 g/mol. The first-order chi connectivity index (χ1) is 9.63. The van der Waals surface area contributed by atoms with E-state index in [2.05, 4.69) is 26.2 Å². The van der Waals surface area contributed by atoms with Gasteiger partial charge in [0.15, 0.2) is 0 Å². The van der Waals surface area contributed by atoms with Crippen molar-refractivity contribution in [3.63, 3.8) is 0 Å². The van der Waals surface area contributed by atoms with E-state index in [9.17, 15) is 4.39 Å². The molecule has 0 saturated heterocycles. The molecule has 0 fully saturated rings. The fraction of sp³-hybridized carbons (Fsp3) is 0. The van der Waals surface area contributed by atoms with E-state index in [4.69, 9.17) is 5.73 Å². The van der Waals surface area contributed by atoms with Gasteiger partial charge in [-0.3, -0.25) is 4.98 Å². The number of pyridine rings is 1. The van der Waals surface area contributed by atoms with Crippen LogP contribution in [0.15, 0.2) is 53.1 Å². The molecule has 0 aliphatic carbocycles. The first kappa shape index (κ1) is 12.9. The Morgan fingerprint density at radius 2 is 1.95 bits per heavy atom. The Morgan fingerprint density at radius 1 is 1.10 bits per heavy atom. The lowest BCUT2D eigenvalue weighted by molar-refractivity contribution is 0.622. The molecular formula is C15H11BrFN3. The van der Waals surface area contributed by atoms with E-state index in [-0.39, 0.29) is 5.82 Å². The summed E-state index contributed by atoms with van der Waals surface area (Å²) >= 11 is 3.13. The van der Waals surface area contributed by atoms with Crippen molar-refractivity contribution >= 4 is 43.9 Å². The zero-order valence-electron chi connectivity index (χ0n) is 10.4. The summed E-state index contributed by atoms with van der Waals surface area (Å²) in [4.78, 5) is 4.28. The number of aromatic nitrogens is 1. The van der Waals surface area contributed by atoms with Crippen LogP contribution in [0.4, 0.5) is 21.5 Å². The smallest absolute Gasteiger partial charge is 0.139 e. The van der Waals surface area contributed by atoms with Crippen molar-refractivity contribution in [2.45, 2.75) is 0 Å². The van der Waals surface area contributed by atoms with Gasteiger partial charge in [-0.25, -0.2) is 4.39 Å². The summed E-state index contributed by atoms with van der Waals surface area (Å²) in [5.74, 6) is -0.312. The van der Waals surface area contributed by atoms with Crippen LogP contribution in [0.2, 0.25) is 0 Å². The molecule has 1 heterocycles. The number of nitrogens with two attached hydrogens (primary N) is 1. The van der Waals surface area contributed by atoms with Crippen molar-refractivity contribution in [3.8, 4) is 0 Å². The number of nitrogens with zero attached hydrogens (tertiary/aromatic N) is 1. The van der Waals surface area contributed by atoms with E-state index in [0.717, 1.165) is 16.6 Å². The van der Waals surface area contributed by atoms with E-state index in [1.165, 1.54) is 6.07 Å². The molecule has 0 saturated carbocycles. The molecular weight excluding hydrogens is 321 g/mol. The fourth-order valence-corrected chi connectivity index (χ4v) is 2.25. The van der Waals surface area contributed by atoms with Gasteiger partial charge in [0.2, 0.25) is 0 Å². The fourth-order valence-electron chi connectivity index (χ4n) is 2.00. The van der Waals surface area contributed by atoms with Crippen molar-refractivity contribution in [3.05, 3.63) is 59.0 Å². The number of hydrogen-bond acceptors (Lipinski definition) is 3. The minimum Gasteiger partial charge on any atom is -0.399 e. The molecule has 0 bridgehead atoms. The van der Waals surface area contributed by atoms with E-state index in [1.54, 1.807) is 24.4 Å². The number of nitrogens with one attached hydrogen (secondary N) is 1. The third kappa shape index (κ3) is 2.44. The van der Waals surface area contributed by atoms with E-state index < -0.39 is 0 Å². The Bertz CT molecular complexity index is 789. The summed E-state index contributed by atoms with van der Waals surface area (Å²) in [7, 11) is 0. The highest BCUT2D eigenvalue weighted by molar-refractivity contribution is 9.10. The zero-order valence-corrected chi connectivity index (χ0v) is 12.0. The van der Waals surface area contributed by atoms with Gasteiger partial charge in [0, 0.05) is 28.6 Å². The van der Waals surface area contributed by atoms with E-state index in [0.29, 0.717) is 15.8 Å². The van der Waals surface area contributed by atoms with Crippen LogP contribution in [0.1, 0.15) is 0 Å². The molecule has 3 aromatic rings. The molecule has 0 atom stereocenters. The maximum Gasteiger partial charge on any atom is 0.139 e. The lowest BCUT2D eigenvalue weighted by atomic mass is 10.1. The molecule has 1 aromatic heterocycles. The highest BCUT2D eigenvalue weighted by atomic mass is 79.9. The van der Waals surface area contributed by atoms with Crippen molar-refractivity contribution in [1.82, 2.24) is 4.98 Å². The molecule has 0 unspecified atom stereocenters. The molecule has 0 amide bonds. The second-order valence-corrected chi connectivity index (χ2v) is 5.24. The van der Waals surface area contributed by atoms with E-state index in [1.807, 2.05) is 18.2 Å². The van der Waals surface area contributed by atoms with Crippen LogP contribution in [0.25, 0.3) is 10.9 Å². The second-order valence-electron chi connectivity index (χ2n) is 4.39. The molecule has 0 aliphatic rings. The number of fused-ring (bicyclic) bond motifs is 1. The largest absolute Gasteiger partial charge is 0.399 e. The molecule has 3 rings (SSSR count). The monoisotopic (exact) mass is 331 g/mol. The number of nitrogen functional groups attached to an aromatic ring is 1. The third-order valence-electron chi connectivity index (χ3n) is 2.96. The first-order valence-corrected chi connectivity index (χ1v) is 6.79. The Labute approximate surface area is 123 Å². The number of benzene rings is 2. The summed E-state index contributed by atoms with van der Waals surface area (Å²) in [5.41, 5.74) is 8.81. The minimum absolute atomic E-state index is 0.312. The number of rotatable bonds is 2. The Morgan fingerprint density at radius 3 is 2.75 bits per heavy atom. The lowest BCUT2D eigenvalue weighted by Gasteiger charge is -2.10. The summed E-state index contributed by atoms with van der Waals surface area (Å²) in [5, 5.41) is 4.08. The van der Waals surface area contributed by atoms with Gasteiger partial charge >= 0.3 is 0 Å². The lowest BCUT2D eigenvalue weighted by Crippen LogP contribution is -1.94. The molecule has 0 radical (unpaired) electrons. The molecule has 20 heavy (non-hydrogen) atoms. The Hall–Kier alpha value is -2.14. The Kier molecular flexibility index (Phi) is 3.28. The van der Waals surface area contributed by atoms with Gasteiger partial charge < -0.3 is 11.1 Å². The first-order valence-electron chi connectivity index (χ1n) is 6.00. The van der Waals surface area contributed by atoms with Gasteiger partial charge in [-0.1, -0.05) is 0 Å². The van der Waals surface area contributed by atoms with Crippen LogP contribution >= 0.6 is 15.9 Å². The maximum absolute atomic E-state index is 13.5. The van der Waals surface area contributed by atoms with Crippen LogP contribution in [0.5, 0.6) is 0 Å². The summed E-state index contributed by atoms with van der Waals surface area (Å²) < 4.78 is 14.0. The zero-order chi connectivity index (χ0) is 14.1. The molecule has 2 aromatic carbocycles. The van der Waals surface area contributed by atoms with E-state index >= 15 is 0 Å². The predicted molar refractivity (Wildman–Crippen MR) is 83.5 cm³/mol. The third-order valence-corrected chi connectivity index (χ3v) is 3.61. The van der Waals surface area contributed by atoms with Gasteiger partial charge in [-0.15, -0.1) is 0 Å². The van der Waals surface area contributed by atoms with Crippen molar-refractivity contribution in [2.24, 2.45) is 0 Å². The molecule has 5 heteroatoms. The SMILES string of the molecule is Nc1ccc2nccc(Nc3ccc(Br)c(F)c3)c2c1. The van der Waals surface area contributed by atoms with Crippen molar-refractivity contribution in [2.75, 3.05) is 11.1 Å². The van der Waals surface area contributed by atoms with Crippen molar-refractivity contribution in [1.29, 1.82) is 0 Å². The minimum atomic E-state index is -0.312. The number of hydrogen-bond donors (Lipinski definition) is 2. The van der Waals surface area contributed by atoms with Gasteiger partial charge in [0.1, 0.15) is 5.82 Å². The highest BCUT2D eigenvalue weighted by Crippen LogP contribution is 2.28. The van der Waals surface area contributed by atoms with Crippen LogP contribution in [0.3, 0.4) is 0 Å². The van der Waals surface area contributed by atoms with Gasteiger partial charge in [-0.05, 0) is 58.4 Å². The topological polar surface area (TPSA) is 50.9 Å². The number of anilines is 3. The standard InChI is InChI=1S/C15H11BrFN3/c16-12-3-2-10(8-13(12)17)20-15-5-6-19-14-4-1-9(18)7-11(14)15/h1-8H,18H2,(H,19,20). The quantitative estimate of drug-likeness (QED) is 0.681. The van der Waals surface area contributed by atoms with Crippen LogP contribution in [0, 0.1) is 5.82 Å². The Balaban J connectivity index is 2.05. The molecule has 100 valence electrons. The average Bonchev–Trinajstić information content (AvgIpc) is 2.44. The molecule has 3 N–H and O–H groups in total. The van der Waals surface area contributed by atoms with Gasteiger partial charge in [0.05, 0.1) is 9.99 Å². The van der Waals surface area contributed by atoms with Gasteiger partial charge in [0.25, 0.3) is 0 Å². The molecule has 0 aliphatic heterocycles. The maximum atomic E-state index is 13.5. The highest BCUT2D eigenvalue weighted by Gasteiger charge is 2.05.